The summed E-state index contributed by atoms with van der Waals surface area (Å²) < 4.78 is 0. The molecule has 0 aliphatic rings. The Morgan fingerprint density at radius 1 is 0.800 bits per heavy atom. The predicted octanol–water partition coefficient (Wildman–Crippen LogP) is -2.57. The zero-order chi connectivity index (χ0) is 11.7. The molecule has 0 saturated carbocycles. The van der Waals surface area contributed by atoms with Gasteiger partial charge in [-0.1, -0.05) is 0 Å². The minimum absolute atomic E-state index is 0. The van der Waals surface area contributed by atoms with E-state index in [1.54, 1.807) is 0 Å². The minimum atomic E-state index is -1.31. The monoisotopic (exact) mass is 265 g/mol. The number of ketones is 2. The summed E-state index contributed by atoms with van der Waals surface area (Å²) in [7, 11) is 0. The van der Waals surface area contributed by atoms with Gasteiger partial charge in [-0.2, -0.15) is 0 Å². The summed E-state index contributed by atoms with van der Waals surface area (Å²) in [6.45, 7) is 2.41. The Balaban J connectivity index is -0.000000180. The van der Waals surface area contributed by atoms with Gasteiger partial charge in [-0.05, 0) is 13.8 Å². The summed E-state index contributed by atoms with van der Waals surface area (Å²) in [6, 6.07) is 0. The SMILES string of the molecule is CC(=O)CC(=O)[O-].CC(=O)CC(=O)[O-].[Cu+2]. The first-order valence-corrected chi connectivity index (χ1v) is 3.64. The van der Waals surface area contributed by atoms with Gasteiger partial charge in [-0.3, -0.25) is 9.59 Å². The van der Waals surface area contributed by atoms with Crippen LogP contribution in [0.2, 0.25) is 0 Å². The molecule has 0 aromatic carbocycles. The van der Waals surface area contributed by atoms with Crippen LogP contribution in [0.3, 0.4) is 0 Å². The average molecular weight is 266 g/mol. The number of rotatable bonds is 4. The average Bonchev–Trinajstić information content (AvgIpc) is 1.79. The third kappa shape index (κ3) is 32.3. The maximum Gasteiger partial charge on any atom is 2.00 e. The van der Waals surface area contributed by atoms with E-state index in [1.807, 2.05) is 0 Å². The van der Waals surface area contributed by atoms with E-state index < -0.39 is 24.8 Å². The van der Waals surface area contributed by atoms with Crippen molar-refractivity contribution in [1.82, 2.24) is 0 Å². The quantitative estimate of drug-likeness (QED) is 0.408. The molecule has 15 heavy (non-hydrogen) atoms. The molecule has 0 saturated heterocycles. The number of Topliss-reactive ketones (excluding diaryl/α,β-unsaturated/α-hetero) is 2. The number of carbonyl (C=O) groups excluding carboxylic acids is 4. The molecule has 6 nitrogen and oxygen atoms in total. The smallest absolute Gasteiger partial charge is 0.550 e. The first-order chi connectivity index (χ1) is 6.25. The molecule has 0 N–H and O–H groups in total. The number of aliphatic carboxylic acids is 2. The van der Waals surface area contributed by atoms with E-state index in [-0.39, 0.29) is 28.6 Å². The van der Waals surface area contributed by atoms with Gasteiger partial charge in [0.2, 0.25) is 0 Å². The fourth-order valence-electron chi connectivity index (χ4n) is 0.407. The van der Waals surface area contributed by atoms with Gasteiger partial charge in [0.15, 0.2) is 0 Å². The van der Waals surface area contributed by atoms with Gasteiger partial charge in [-0.15, -0.1) is 0 Å². The molecular weight excluding hydrogens is 256 g/mol. The third-order valence-corrected chi connectivity index (χ3v) is 0.787. The second-order valence-electron chi connectivity index (χ2n) is 2.50. The van der Waals surface area contributed by atoms with Crippen LogP contribution in [-0.2, 0) is 36.2 Å². The molecule has 7 heteroatoms. The van der Waals surface area contributed by atoms with Crippen LogP contribution in [0, 0.1) is 0 Å². The molecule has 0 amide bonds. The Kier molecular flexibility index (Phi) is 14.1. The zero-order valence-electron chi connectivity index (χ0n) is 8.17. The van der Waals surface area contributed by atoms with Crippen molar-refractivity contribution >= 4 is 23.5 Å². The van der Waals surface area contributed by atoms with E-state index in [0.717, 1.165) is 0 Å². The van der Waals surface area contributed by atoms with Crippen LogP contribution in [0.5, 0.6) is 0 Å². The van der Waals surface area contributed by atoms with E-state index in [1.165, 1.54) is 13.8 Å². The van der Waals surface area contributed by atoms with Crippen LogP contribution >= 0.6 is 0 Å². The van der Waals surface area contributed by atoms with Crippen LogP contribution in [0.1, 0.15) is 26.7 Å². The summed E-state index contributed by atoms with van der Waals surface area (Å²) >= 11 is 0. The molecule has 0 spiro atoms. The number of hydrogen-bond donors (Lipinski definition) is 0. The first kappa shape index (κ1) is 19.4. The number of carboxylic acid groups (broad SMARTS) is 2. The van der Waals surface area contributed by atoms with Crippen LogP contribution < -0.4 is 10.2 Å². The number of carbonyl (C=O) groups is 4. The maximum atomic E-state index is 9.83. The van der Waals surface area contributed by atoms with Crippen molar-refractivity contribution < 1.29 is 46.5 Å². The summed E-state index contributed by atoms with van der Waals surface area (Å²) in [5.41, 5.74) is 0. The van der Waals surface area contributed by atoms with Crippen molar-refractivity contribution in [3.63, 3.8) is 0 Å². The molecule has 0 bridgehead atoms. The Bertz CT molecular complexity index is 198. The van der Waals surface area contributed by atoms with Gasteiger partial charge in [0.1, 0.15) is 11.6 Å². The third-order valence-electron chi connectivity index (χ3n) is 0.787. The molecular formula is C8H10CuO6. The molecule has 0 atom stereocenters. The molecule has 0 unspecified atom stereocenters. The summed E-state index contributed by atoms with van der Waals surface area (Å²) in [6.07, 6.45) is -0.944. The van der Waals surface area contributed by atoms with Crippen molar-refractivity contribution in [2.45, 2.75) is 26.7 Å². The number of carboxylic acids is 2. The van der Waals surface area contributed by atoms with Crippen molar-refractivity contribution in [2.75, 3.05) is 0 Å². The van der Waals surface area contributed by atoms with Crippen molar-refractivity contribution in [3.8, 4) is 0 Å². The van der Waals surface area contributed by atoms with Gasteiger partial charge < -0.3 is 19.8 Å². The second-order valence-corrected chi connectivity index (χ2v) is 2.50. The molecule has 0 fully saturated rings. The van der Waals surface area contributed by atoms with Crippen molar-refractivity contribution in [2.24, 2.45) is 0 Å². The minimum Gasteiger partial charge on any atom is -0.550 e. The van der Waals surface area contributed by atoms with E-state index in [0.29, 0.717) is 0 Å². The standard InChI is InChI=1S/2C4H6O3.Cu/c2*1-3(5)2-4(6)7;/h2*2H2,1H3,(H,6,7);/q;;+2/p-2. The fourth-order valence-corrected chi connectivity index (χ4v) is 0.407. The maximum absolute atomic E-state index is 9.83. The fraction of sp³-hybridized carbons (Fsp3) is 0.500. The molecule has 0 aromatic rings. The van der Waals surface area contributed by atoms with E-state index in [4.69, 9.17) is 0 Å². The molecule has 89 valence electrons. The van der Waals surface area contributed by atoms with Crippen LogP contribution in [-0.4, -0.2) is 23.5 Å². The second kappa shape index (κ2) is 10.9. The number of hydrogen-bond acceptors (Lipinski definition) is 6. The van der Waals surface area contributed by atoms with E-state index in [9.17, 15) is 29.4 Å². The molecule has 0 aliphatic heterocycles. The van der Waals surface area contributed by atoms with Gasteiger partial charge in [0.25, 0.3) is 0 Å². The Morgan fingerprint density at radius 3 is 1.00 bits per heavy atom. The van der Waals surface area contributed by atoms with Crippen molar-refractivity contribution in [3.05, 3.63) is 0 Å². The summed E-state index contributed by atoms with van der Waals surface area (Å²) in [5.74, 6) is -3.37. The zero-order valence-corrected chi connectivity index (χ0v) is 9.11. The molecule has 0 heterocycles. The Labute approximate surface area is 97.1 Å². The van der Waals surface area contributed by atoms with E-state index >= 15 is 0 Å². The van der Waals surface area contributed by atoms with Gasteiger partial charge in [-0.25, -0.2) is 0 Å². The predicted molar refractivity (Wildman–Crippen MR) is 40.6 cm³/mol. The summed E-state index contributed by atoms with van der Waals surface area (Å²) in [4.78, 5) is 38.6. The van der Waals surface area contributed by atoms with Gasteiger partial charge >= 0.3 is 17.1 Å². The van der Waals surface area contributed by atoms with Gasteiger partial charge in [0.05, 0.1) is 0 Å². The first-order valence-electron chi connectivity index (χ1n) is 3.64. The molecule has 0 rings (SSSR count). The van der Waals surface area contributed by atoms with Crippen molar-refractivity contribution in [1.29, 1.82) is 0 Å². The van der Waals surface area contributed by atoms with Crippen LogP contribution in [0.25, 0.3) is 0 Å². The molecule has 0 aromatic heterocycles. The van der Waals surface area contributed by atoms with E-state index in [2.05, 4.69) is 0 Å². The van der Waals surface area contributed by atoms with Crippen LogP contribution in [0.15, 0.2) is 0 Å². The van der Waals surface area contributed by atoms with Crippen LogP contribution in [0.4, 0.5) is 0 Å². The molecule has 1 radical (unpaired) electrons. The normalized spacial score (nSPS) is 7.60. The largest absolute Gasteiger partial charge is 2.00 e. The summed E-state index contributed by atoms with van der Waals surface area (Å²) in [5, 5.41) is 19.0. The molecule has 0 aliphatic carbocycles. The van der Waals surface area contributed by atoms with Gasteiger partial charge in [0, 0.05) is 24.8 Å². The topological polar surface area (TPSA) is 114 Å². The Hall–Kier alpha value is -1.20. The Morgan fingerprint density at radius 2 is 1.00 bits per heavy atom.